The van der Waals surface area contributed by atoms with Crippen LogP contribution in [-0.2, 0) is 27.4 Å². The van der Waals surface area contributed by atoms with Gasteiger partial charge in [0, 0.05) is 19.1 Å². The van der Waals surface area contributed by atoms with E-state index in [1.807, 2.05) is 30.3 Å². The number of likely N-dealkylation sites (tertiary alicyclic amines) is 1. The van der Waals surface area contributed by atoms with E-state index in [1.54, 1.807) is 0 Å². The maximum Gasteiger partial charge on any atom is 0.416 e. The zero-order chi connectivity index (χ0) is 31.0. The van der Waals surface area contributed by atoms with Crippen molar-refractivity contribution in [2.45, 2.75) is 99.8 Å². The Bertz CT molecular complexity index is 1220. The molecule has 2 aromatic carbocycles. The summed E-state index contributed by atoms with van der Waals surface area (Å²) in [5.74, 6) is -1.86. The number of aliphatic hydroxyl groups is 1. The number of carbonyl (C=O) groups is 1. The van der Waals surface area contributed by atoms with Crippen molar-refractivity contribution in [1.82, 2.24) is 10.2 Å². The molecule has 0 radical (unpaired) electrons. The number of rotatable bonds is 5. The number of hydrogen-bond acceptors (Lipinski definition) is 4. The van der Waals surface area contributed by atoms with Gasteiger partial charge in [-0.25, -0.2) is 0 Å². The average molecular weight is 613 g/mol. The molecule has 2 aliphatic heterocycles. The quantitative estimate of drug-likeness (QED) is 0.365. The SMILES string of the molecule is C[C@@H](C(=O)NC1(c2ccccc2)CCC(N2CCC3(CC[C@@H](O)CO3)CC2)CC1)c1cc(C(F)(F)F)cc(C(F)(F)F)c1. The van der Waals surface area contributed by atoms with E-state index in [2.05, 4.69) is 10.2 Å². The van der Waals surface area contributed by atoms with Crippen LogP contribution < -0.4 is 5.32 Å². The molecule has 2 aromatic rings. The second-order valence-corrected chi connectivity index (χ2v) is 12.5. The van der Waals surface area contributed by atoms with Gasteiger partial charge in [0.25, 0.3) is 0 Å². The summed E-state index contributed by atoms with van der Waals surface area (Å²) in [6.07, 6.45) is -4.27. The van der Waals surface area contributed by atoms with Crippen molar-refractivity contribution in [1.29, 1.82) is 0 Å². The van der Waals surface area contributed by atoms with Crippen LogP contribution in [-0.4, -0.2) is 53.4 Å². The van der Waals surface area contributed by atoms with Crippen molar-refractivity contribution < 1.29 is 41.0 Å². The van der Waals surface area contributed by atoms with Gasteiger partial charge < -0.3 is 20.1 Å². The molecule has 1 amide bonds. The van der Waals surface area contributed by atoms with Crippen molar-refractivity contribution >= 4 is 5.91 Å². The van der Waals surface area contributed by atoms with E-state index in [0.29, 0.717) is 31.6 Å². The Hall–Kier alpha value is -2.63. The number of piperidine rings is 1. The van der Waals surface area contributed by atoms with Crippen LogP contribution in [0.15, 0.2) is 48.5 Å². The minimum absolute atomic E-state index is 0.0764. The number of nitrogens with zero attached hydrogens (tertiary/aromatic N) is 1. The average Bonchev–Trinajstić information content (AvgIpc) is 2.98. The monoisotopic (exact) mass is 612 g/mol. The molecule has 1 saturated carbocycles. The van der Waals surface area contributed by atoms with Crippen molar-refractivity contribution in [3.63, 3.8) is 0 Å². The number of ether oxygens (including phenoxy) is 1. The van der Waals surface area contributed by atoms with Crippen molar-refractivity contribution in [2.75, 3.05) is 19.7 Å². The molecule has 2 saturated heterocycles. The Morgan fingerprint density at radius 2 is 1.49 bits per heavy atom. The molecule has 2 heterocycles. The molecule has 5 nitrogen and oxygen atoms in total. The number of aliphatic hydroxyl groups excluding tert-OH is 1. The molecular weight excluding hydrogens is 574 g/mol. The lowest BCUT2D eigenvalue weighted by molar-refractivity contribution is -0.150. The van der Waals surface area contributed by atoms with E-state index < -0.39 is 46.9 Å². The number of benzene rings is 2. The van der Waals surface area contributed by atoms with Crippen molar-refractivity contribution in [3.8, 4) is 0 Å². The Morgan fingerprint density at radius 3 is 2.00 bits per heavy atom. The number of halogens is 6. The number of carbonyl (C=O) groups excluding carboxylic acids is 1. The highest BCUT2D eigenvalue weighted by atomic mass is 19.4. The summed E-state index contributed by atoms with van der Waals surface area (Å²) in [6.45, 7) is 3.46. The van der Waals surface area contributed by atoms with Crippen LogP contribution in [0.5, 0.6) is 0 Å². The van der Waals surface area contributed by atoms with Crippen LogP contribution in [0.25, 0.3) is 0 Å². The summed E-state index contributed by atoms with van der Waals surface area (Å²) in [5, 5.41) is 12.9. The van der Waals surface area contributed by atoms with E-state index in [4.69, 9.17) is 4.74 Å². The van der Waals surface area contributed by atoms with Gasteiger partial charge in [-0.05, 0) is 87.6 Å². The van der Waals surface area contributed by atoms with E-state index in [9.17, 15) is 36.2 Å². The molecular formula is C32H38F6N2O3. The molecule has 5 rings (SSSR count). The van der Waals surface area contributed by atoms with Crippen molar-refractivity contribution in [3.05, 3.63) is 70.8 Å². The highest BCUT2D eigenvalue weighted by molar-refractivity contribution is 5.84. The standard InChI is InChI=1S/C32H38F6N2O3/c1-21(22-17-24(31(33,34)35)19-25(18-22)32(36,37)38)28(42)39-30(23-5-3-2-4-6-23)11-7-26(8-12-30)40-15-13-29(14-16-40)10-9-27(41)20-43-29/h2-6,17-19,21,26-27,41H,7-16,20H2,1H3,(H,39,42)/t21-,26?,27-,30?/m1/s1. The Morgan fingerprint density at radius 1 is 0.907 bits per heavy atom. The highest BCUT2D eigenvalue weighted by Gasteiger charge is 2.44. The molecule has 3 fully saturated rings. The summed E-state index contributed by atoms with van der Waals surface area (Å²) in [7, 11) is 0. The molecule has 0 bridgehead atoms. The Kier molecular flexibility index (Phi) is 8.90. The predicted octanol–water partition coefficient (Wildman–Crippen LogP) is 6.79. The van der Waals surface area contributed by atoms with Gasteiger partial charge in [-0.1, -0.05) is 30.3 Å². The van der Waals surface area contributed by atoms with Crippen LogP contribution in [0.3, 0.4) is 0 Å². The van der Waals surface area contributed by atoms with Gasteiger partial charge in [0.2, 0.25) is 5.91 Å². The van der Waals surface area contributed by atoms with Gasteiger partial charge in [-0.15, -0.1) is 0 Å². The van der Waals surface area contributed by atoms with Crippen LogP contribution >= 0.6 is 0 Å². The minimum atomic E-state index is -4.99. The lowest BCUT2D eigenvalue weighted by Gasteiger charge is -2.49. The minimum Gasteiger partial charge on any atom is -0.391 e. The maximum atomic E-state index is 13.6. The van der Waals surface area contributed by atoms with Crippen LogP contribution in [0.1, 0.15) is 86.5 Å². The number of alkyl halides is 6. The molecule has 3 aliphatic rings. The van der Waals surface area contributed by atoms with Gasteiger partial charge in [-0.2, -0.15) is 26.3 Å². The van der Waals surface area contributed by atoms with Crippen LogP contribution in [0.2, 0.25) is 0 Å². The normalized spacial score (nSPS) is 27.5. The van der Waals surface area contributed by atoms with Crippen molar-refractivity contribution in [2.24, 2.45) is 0 Å². The molecule has 2 N–H and O–H groups in total. The second kappa shape index (κ2) is 12.0. The summed E-state index contributed by atoms with van der Waals surface area (Å²) >= 11 is 0. The van der Waals surface area contributed by atoms with Gasteiger partial charge in [0.05, 0.1) is 40.9 Å². The Balaban J connectivity index is 1.31. The van der Waals surface area contributed by atoms with E-state index in [1.165, 1.54) is 6.92 Å². The van der Waals surface area contributed by atoms with Crippen LogP contribution in [0.4, 0.5) is 26.3 Å². The fourth-order valence-corrected chi connectivity index (χ4v) is 6.98. The topological polar surface area (TPSA) is 61.8 Å². The first kappa shape index (κ1) is 31.8. The first-order valence-corrected chi connectivity index (χ1v) is 14.9. The van der Waals surface area contributed by atoms with E-state index in [0.717, 1.165) is 57.2 Å². The molecule has 2 atom stereocenters. The highest BCUT2D eigenvalue weighted by Crippen LogP contribution is 2.43. The molecule has 11 heteroatoms. The molecule has 1 aliphatic carbocycles. The third-order valence-corrected chi connectivity index (χ3v) is 9.74. The molecule has 236 valence electrons. The molecule has 0 unspecified atom stereocenters. The largest absolute Gasteiger partial charge is 0.416 e. The van der Waals surface area contributed by atoms with Gasteiger partial charge >= 0.3 is 12.4 Å². The number of hydrogen-bond donors (Lipinski definition) is 2. The third kappa shape index (κ3) is 7.04. The lowest BCUT2D eigenvalue weighted by Crippen LogP contribution is -2.55. The van der Waals surface area contributed by atoms with Gasteiger partial charge in [0.1, 0.15) is 0 Å². The molecule has 1 spiro atoms. The number of nitrogens with one attached hydrogen (secondary N) is 1. The second-order valence-electron chi connectivity index (χ2n) is 12.5. The first-order valence-electron chi connectivity index (χ1n) is 14.9. The summed E-state index contributed by atoms with van der Waals surface area (Å²) in [4.78, 5) is 16.0. The van der Waals surface area contributed by atoms with E-state index >= 15 is 0 Å². The smallest absolute Gasteiger partial charge is 0.391 e. The number of amides is 1. The first-order chi connectivity index (χ1) is 20.2. The fraction of sp³-hybridized carbons (Fsp3) is 0.594. The van der Waals surface area contributed by atoms with Crippen LogP contribution in [0, 0.1) is 0 Å². The molecule has 43 heavy (non-hydrogen) atoms. The maximum absolute atomic E-state index is 13.6. The lowest BCUT2D eigenvalue weighted by atomic mass is 9.73. The zero-order valence-electron chi connectivity index (χ0n) is 24.1. The van der Waals surface area contributed by atoms with E-state index in [-0.39, 0.29) is 23.3 Å². The third-order valence-electron chi connectivity index (χ3n) is 9.74. The summed E-state index contributed by atoms with van der Waals surface area (Å²) in [6, 6.07) is 11.0. The van der Waals surface area contributed by atoms with Gasteiger partial charge in [0.15, 0.2) is 0 Å². The molecule has 0 aromatic heterocycles. The predicted molar refractivity (Wildman–Crippen MR) is 148 cm³/mol. The zero-order valence-corrected chi connectivity index (χ0v) is 24.1. The fourth-order valence-electron chi connectivity index (χ4n) is 6.98. The summed E-state index contributed by atoms with van der Waals surface area (Å²) < 4.78 is 86.9. The summed E-state index contributed by atoms with van der Waals surface area (Å²) in [5.41, 5.74) is -3.31. The van der Waals surface area contributed by atoms with Gasteiger partial charge in [-0.3, -0.25) is 4.79 Å². The Labute approximate surface area is 247 Å².